The van der Waals surface area contributed by atoms with Crippen LogP contribution in [0.5, 0.6) is 0 Å². The fraction of sp³-hybridized carbons (Fsp3) is 0.474. The van der Waals surface area contributed by atoms with Gasteiger partial charge in [-0.3, -0.25) is 5.10 Å². The van der Waals surface area contributed by atoms with Crippen molar-refractivity contribution in [2.24, 2.45) is 5.92 Å². The first-order chi connectivity index (χ1) is 11.2. The Hall–Kier alpha value is -2.30. The molecule has 128 valence electrons. The molecule has 1 aliphatic heterocycles. The van der Waals surface area contributed by atoms with Gasteiger partial charge >= 0.3 is 6.09 Å². The molecule has 2 aromatic rings. The van der Waals surface area contributed by atoms with E-state index in [4.69, 9.17) is 4.74 Å². The van der Waals surface area contributed by atoms with Crippen LogP contribution in [0.3, 0.4) is 0 Å². The first-order valence-electron chi connectivity index (χ1n) is 8.36. The van der Waals surface area contributed by atoms with E-state index in [0.29, 0.717) is 13.1 Å². The molecule has 5 heteroatoms. The number of fused-ring (bicyclic) bond motifs is 1. The molecule has 2 heterocycles. The van der Waals surface area contributed by atoms with Crippen molar-refractivity contribution in [3.8, 4) is 0 Å². The van der Waals surface area contributed by atoms with Gasteiger partial charge in [-0.2, -0.15) is 5.10 Å². The third kappa shape index (κ3) is 3.30. The van der Waals surface area contributed by atoms with Crippen molar-refractivity contribution >= 4 is 22.6 Å². The first kappa shape index (κ1) is 16.6. The van der Waals surface area contributed by atoms with Gasteiger partial charge in [-0.05, 0) is 62.4 Å². The van der Waals surface area contributed by atoms with Crippen molar-refractivity contribution < 1.29 is 9.53 Å². The van der Waals surface area contributed by atoms with Gasteiger partial charge in [-0.1, -0.05) is 13.0 Å². The number of aryl methyl sites for hydroxylation is 1. The number of amides is 1. The second kappa shape index (κ2) is 5.96. The molecule has 1 aromatic heterocycles. The Morgan fingerprint density at radius 3 is 2.79 bits per heavy atom. The maximum atomic E-state index is 12.3. The van der Waals surface area contributed by atoms with Gasteiger partial charge < -0.3 is 9.64 Å². The largest absolute Gasteiger partial charge is 0.444 e. The number of aromatic amines is 1. The molecule has 1 aliphatic rings. The molecule has 0 bridgehead atoms. The predicted octanol–water partition coefficient (Wildman–Crippen LogP) is 4.14. The smallest absolute Gasteiger partial charge is 0.410 e. The number of H-pyrrole nitrogens is 1. The molecule has 0 fully saturated rings. The van der Waals surface area contributed by atoms with Crippen LogP contribution < -0.4 is 0 Å². The van der Waals surface area contributed by atoms with Gasteiger partial charge in [0.2, 0.25) is 0 Å². The zero-order valence-electron chi connectivity index (χ0n) is 15.0. The summed E-state index contributed by atoms with van der Waals surface area (Å²) in [5.74, 6) is 0.255. The lowest BCUT2D eigenvalue weighted by atomic mass is 9.87. The molecule has 0 radical (unpaired) electrons. The third-order valence-electron chi connectivity index (χ3n) is 4.30. The molecule has 0 aliphatic carbocycles. The summed E-state index contributed by atoms with van der Waals surface area (Å²) < 4.78 is 5.48. The second-order valence-electron chi connectivity index (χ2n) is 7.57. The number of hydrogen-bond acceptors (Lipinski definition) is 3. The van der Waals surface area contributed by atoms with Gasteiger partial charge in [0.15, 0.2) is 0 Å². The number of carbonyl (C=O) groups excluding carboxylic acids is 1. The summed E-state index contributed by atoms with van der Waals surface area (Å²) >= 11 is 0. The van der Waals surface area contributed by atoms with E-state index in [1.165, 1.54) is 16.7 Å². The van der Waals surface area contributed by atoms with E-state index in [1.54, 1.807) is 4.90 Å². The molecule has 24 heavy (non-hydrogen) atoms. The van der Waals surface area contributed by atoms with Crippen molar-refractivity contribution in [1.29, 1.82) is 0 Å². The third-order valence-corrected chi connectivity index (χ3v) is 4.30. The van der Waals surface area contributed by atoms with Crippen molar-refractivity contribution in [1.82, 2.24) is 15.1 Å². The van der Waals surface area contributed by atoms with Crippen LogP contribution in [-0.4, -0.2) is 39.9 Å². The Morgan fingerprint density at radius 2 is 2.12 bits per heavy atom. The molecule has 0 saturated heterocycles. The van der Waals surface area contributed by atoms with Crippen molar-refractivity contribution in [3.63, 3.8) is 0 Å². The SMILES string of the molecule is Cc1cc2cn[nH]c2cc1C1=CCN(C(=O)OC(C)(C)C)CC1C. The normalized spacial score (nSPS) is 18.6. The van der Waals surface area contributed by atoms with Crippen LogP contribution in [-0.2, 0) is 4.74 Å². The highest BCUT2D eigenvalue weighted by molar-refractivity contribution is 5.85. The maximum Gasteiger partial charge on any atom is 0.410 e. The number of benzene rings is 1. The molecule has 0 saturated carbocycles. The predicted molar refractivity (Wildman–Crippen MR) is 95.8 cm³/mol. The fourth-order valence-electron chi connectivity index (χ4n) is 3.18. The minimum Gasteiger partial charge on any atom is -0.444 e. The standard InChI is InChI=1S/C19H25N3O2/c1-12-8-14-10-20-21-17(14)9-16(12)15-6-7-22(11-13(15)2)18(23)24-19(3,4)5/h6,8-10,13H,7,11H2,1-5H3,(H,20,21). The van der Waals surface area contributed by atoms with Gasteiger partial charge in [0.05, 0.1) is 11.7 Å². The quantitative estimate of drug-likeness (QED) is 0.856. The molecule has 1 atom stereocenters. The van der Waals surface area contributed by atoms with E-state index in [-0.39, 0.29) is 12.0 Å². The number of ether oxygens (including phenoxy) is 1. The Morgan fingerprint density at radius 1 is 1.38 bits per heavy atom. The van der Waals surface area contributed by atoms with Crippen LogP contribution in [0.1, 0.15) is 38.8 Å². The van der Waals surface area contributed by atoms with Crippen LogP contribution in [0.25, 0.3) is 16.5 Å². The maximum absolute atomic E-state index is 12.3. The van der Waals surface area contributed by atoms with Crippen LogP contribution >= 0.6 is 0 Å². The van der Waals surface area contributed by atoms with Crippen LogP contribution in [0.4, 0.5) is 4.79 Å². The van der Waals surface area contributed by atoms with Gasteiger partial charge in [-0.15, -0.1) is 0 Å². The van der Waals surface area contributed by atoms with Crippen molar-refractivity contribution in [3.05, 3.63) is 35.5 Å². The van der Waals surface area contributed by atoms with E-state index in [2.05, 4.69) is 42.3 Å². The molecular weight excluding hydrogens is 302 g/mol. The molecule has 1 amide bonds. The summed E-state index contributed by atoms with van der Waals surface area (Å²) in [6.45, 7) is 11.2. The minimum atomic E-state index is -0.466. The minimum absolute atomic E-state index is 0.245. The lowest BCUT2D eigenvalue weighted by Gasteiger charge is -2.33. The fourth-order valence-corrected chi connectivity index (χ4v) is 3.18. The van der Waals surface area contributed by atoms with E-state index in [0.717, 1.165) is 10.9 Å². The van der Waals surface area contributed by atoms with E-state index >= 15 is 0 Å². The summed E-state index contributed by atoms with van der Waals surface area (Å²) in [6, 6.07) is 4.31. The van der Waals surface area contributed by atoms with Gasteiger partial charge in [0, 0.05) is 18.5 Å². The lowest BCUT2D eigenvalue weighted by molar-refractivity contribution is 0.0252. The summed E-state index contributed by atoms with van der Waals surface area (Å²) in [5.41, 5.74) is 4.31. The Labute approximate surface area is 142 Å². The summed E-state index contributed by atoms with van der Waals surface area (Å²) in [6.07, 6.45) is 3.74. The highest BCUT2D eigenvalue weighted by atomic mass is 16.6. The summed E-state index contributed by atoms with van der Waals surface area (Å²) in [5, 5.41) is 8.26. The Kier molecular flexibility index (Phi) is 4.11. The van der Waals surface area contributed by atoms with E-state index in [9.17, 15) is 4.79 Å². The van der Waals surface area contributed by atoms with Crippen molar-refractivity contribution in [2.75, 3.05) is 13.1 Å². The average molecular weight is 327 g/mol. The number of rotatable bonds is 1. The number of nitrogens with zero attached hydrogens (tertiary/aromatic N) is 2. The molecule has 1 N–H and O–H groups in total. The zero-order chi connectivity index (χ0) is 17.5. The van der Waals surface area contributed by atoms with Gasteiger partial charge in [-0.25, -0.2) is 4.79 Å². The van der Waals surface area contributed by atoms with Crippen LogP contribution in [0.15, 0.2) is 24.4 Å². The summed E-state index contributed by atoms with van der Waals surface area (Å²) in [4.78, 5) is 14.0. The van der Waals surface area contributed by atoms with Crippen molar-refractivity contribution in [2.45, 2.75) is 40.2 Å². The number of nitrogens with one attached hydrogen (secondary N) is 1. The second-order valence-corrected chi connectivity index (χ2v) is 7.57. The monoisotopic (exact) mass is 327 g/mol. The van der Waals surface area contributed by atoms with Crippen LogP contribution in [0, 0.1) is 12.8 Å². The Bertz CT molecular complexity index is 799. The molecule has 1 aromatic carbocycles. The van der Waals surface area contributed by atoms with Gasteiger partial charge in [0.25, 0.3) is 0 Å². The number of aromatic nitrogens is 2. The highest BCUT2D eigenvalue weighted by Crippen LogP contribution is 2.32. The molecular formula is C19H25N3O2. The van der Waals surface area contributed by atoms with Crippen LogP contribution in [0.2, 0.25) is 0 Å². The topological polar surface area (TPSA) is 58.2 Å². The average Bonchev–Trinajstić information content (AvgIpc) is 2.91. The molecule has 3 rings (SSSR count). The summed E-state index contributed by atoms with van der Waals surface area (Å²) in [7, 11) is 0. The Balaban J connectivity index is 1.84. The molecule has 0 spiro atoms. The lowest BCUT2D eigenvalue weighted by Crippen LogP contribution is -2.41. The van der Waals surface area contributed by atoms with E-state index in [1.807, 2.05) is 27.0 Å². The highest BCUT2D eigenvalue weighted by Gasteiger charge is 2.27. The number of hydrogen-bond donors (Lipinski definition) is 1. The molecule has 5 nitrogen and oxygen atoms in total. The van der Waals surface area contributed by atoms with Gasteiger partial charge in [0.1, 0.15) is 5.60 Å². The number of carbonyl (C=O) groups is 1. The zero-order valence-corrected chi connectivity index (χ0v) is 15.0. The first-order valence-corrected chi connectivity index (χ1v) is 8.36. The molecule has 1 unspecified atom stereocenters. The van der Waals surface area contributed by atoms with E-state index < -0.39 is 5.60 Å².